The van der Waals surface area contributed by atoms with Crippen molar-refractivity contribution in [1.29, 1.82) is 0 Å². The van der Waals surface area contributed by atoms with Gasteiger partial charge in [-0.05, 0) is 35.9 Å². The van der Waals surface area contributed by atoms with E-state index in [1.807, 2.05) is 65.7 Å². The molecule has 0 unspecified atom stereocenters. The lowest BCUT2D eigenvalue weighted by atomic mass is 9.96. The van der Waals surface area contributed by atoms with Crippen molar-refractivity contribution in [2.24, 2.45) is 5.10 Å². The number of hydrazone groups is 1. The highest BCUT2D eigenvalue weighted by molar-refractivity contribution is 9.10. The molecule has 5 rings (SSSR count). The van der Waals surface area contributed by atoms with E-state index in [4.69, 9.17) is 9.84 Å². The highest BCUT2D eigenvalue weighted by Crippen LogP contribution is 2.43. The Morgan fingerprint density at radius 1 is 0.931 bits per heavy atom. The van der Waals surface area contributed by atoms with Crippen LogP contribution in [0.5, 0.6) is 5.75 Å². The maximum absolute atomic E-state index is 13.3. The summed E-state index contributed by atoms with van der Waals surface area (Å²) >= 11 is 6.90. The van der Waals surface area contributed by atoms with Crippen LogP contribution in [-0.2, 0) is 0 Å². The molecule has 2 heterocycles. The van der Waals surface area contributed by atoms with Gasteiger partial charge in [-0.2, -0.15) is 5.10 Å². The van der Waals surface area contributed by atoms with E-state index >= 15 is 0 Å². The Morgan fingerprint density at radius 3 is 2.31 bits per heavy atom. The van der Waals surface area contributed by atoms with Crippen LogP contribution in [0.4, 0.5) is 0 Å². The summed E-state index contributed by atoms with van der Waals surface area (Å²) in [5.74, 6) is 0.647. The fourth-order valence-electron chi connectivity index (χ4n) is 3.78. The smallest absolute Gasteiger partial charge is 0.251 e. The van der Waals surface area contributed by atoms with E-state index in [9.17, 15) is 4.79 Å². The summed E-state index contributed by atoms with van der Waals surface area (Å²) in [6.07, 6.45) is -0.0596. The first-order chi connectivity index (χ1) is 14.1. The molecule has 0 saturated carbocycles. The molecule has 0 bridgehead atoms. The molecule has 144 valence electrons. The Morgan fingerprint density at radius 2 is 1.59 bits per heavy atom. The van der Waals surface area contributed by atoms with E-state index in [1.165, 1.54) is 0 Å². The average molecular weight is 512 g/mol. The zero-order valence-electron chi connectivity index (χ0n) is 15.3. The molecule has 29 heavy (non-hydrogen) atoms. The van der Waals surface area contributed by atoms with Gasteiger partial charge < -0.3 is 4.74 Å². The number of halogens is 2. The van der Waals surface area contributed by atoms with Crippen molar-refractivity contribution >= 4 is 43.4 Å². The molecule has 0 spiro atoms. The van der Waals surface area contributed by atoms with Gasteiger partial charge in [0.05, 0.1) is 11.8 Å². The Kier molecular flexibility index (Phi) is 4.76. The predicted octanol–water partition coefficient (Wildman–Crippen LogP) is 5.96. The van der Waals surface area contributed by atoms with Gasteiger partial charge in [-0.15, -0.1) is 0 Å². The van der Waals surface area contributed by atoms with E-state index in [-0.39, 0.29) is 11.8 Å². The lowest BCUT2D eigenvalue weighted by Gasteiger charge is -2.37. The maximum atomic E-state index is 13.3. The number of Topliss-reactive ketones (excluding diaryl/α,β-unsaturated/α-hetero) is 1. The number of nitrogens with zero attached hydrogens (tertiary/aromatic N) is 2. The second kappa shape index (κ2) is 7.43. The summed E-state index contributed by atoms with van der Waals surface area (Å²) in [5, 5.41) is 6.66. The summed E-state index contributed by atoms with van der Waals surface area (Å²) in [6, 6.07) is 23.3. The minimum atomic E-state index is -0.788. The molecule has 3 aromatic carbocycles. The molecule has 0 fully saturated rings. The minimum Gasteiger partial charge on any atom is -0.461 e. The van der Waals surface area contributed by atoms with Gasteiger partial charge in [0, 0.05) is 26.5 Å². The third-order valence-electron chi connectivity index (χ3n) is 5.23. The molecule has 4 nitrogen and oxygen atoms in total. The zero-order chi connectivity index (χ0) is 20.0. The Balaban J connectivity index is 1.55. The fraction of sp³-hybridized carbons (Fsp3) is 0.130. The minimum absolute atomic E-state index is 0.0250. The van der Waals surface area contributed by atoms with Gasteiger partial charge in [-0.1, -0.05) is 74.3 Å². The molecule has 2 atom stereocenters. The second-order valence-electron chi connectivity index (χ2n) is 7.03. The number of rotatable bonds is 3. The predicted molar refractivity (Wildman–Crippen MR) is 119 cm³/mol. The lowest BCUT2D eigenvalue weighted by Crippen LogP contribution is -2.45. The number of carbonyl (C=O) groups is 1. The Bertz CT molecular complexity index is 1110. The third kappa shape index (κ3) is 3.40. The second-order valence-corrected chi connectivity index (χ2v) is 8.86. The molecule has 0 aromatic heterocycles. The zero-order valence-corrected chi connectivity index (χ0v) is 18.4. The van der Waals surface area contributed by atoms with Crippen LogP contribution in [0, 0.1) is 0 Å². The number of para-hydroxylation sites is 1. The molecular weight excluding hydrogens is 496 g/mol. The van der Waals surface area contributed by atoms with E-state index in [0.29, 0.717) is 5.56 Å². The number of ketones is 1. The number of hydrogen-bond donors (Lipinski definition) is 0. The van der Waals surface area contributed by atoms with Crippen molar-refractivity contribution in [2.45, 2.75) is 18.7 Å². The van der Waals surface area contributed by atoms with Crippen LogP contribution in [-0.4, -0.2) is 22.7 Å². The normalized spacial score (nSPS) is 19.8. The molecule has 3 aromatic rings. The van der Waals surface area contributed by atoms with Gasteiger partial charge in [-0.25, -0.2) is 5.01 Å². The molecule has 2 aliphatic rings. The summed E-state index contributed by atoms with van der Waals surface area (Å²) in [6.45, 7) is 0. The third-order valence-corrected chi connectivity index (χ3v) is 6.29. The van der Waals surface area contributed by atoms with E-state index in [1.54, 1.807) is 12.1 Å². The van der Waals surface area contributed by atoms with Crippen molar-refractivity contribution in [2.75, 3.05) is 0 Å². The largest absolute Gasteiger partial charge is 0.461 e. The van der Waals surface area contributed by atoms with Crippen molar-refractivity contribution < 1.29 is 9.53 Å². The lowest BCUT2D eigenvalue weighted by molar-refractivity contribution is -0.00455. The summed E-state index contributed by atoms with van der Waals surface area (Å²) in [5.41, 5.74) is 3.66. The summed E-state index contributed by atoms with van der Waals surface area (Å²) in [7, 11) is 0. The summed E-state index contributed by atoms with van der Waals surface area (Å²) in [4.78, 5) is 13.3. The van der Waals surface area contributed by atoms with Crippen molar-refractivity contribution in [3.8, 4) is 5.75 Å². The average Bonchev–Trinajstić information content (AvgIpc) is 3.19. The van der Waals surface area contributed by atoms with E-state index < -0.39 is 6.23 Å². The van der Waals surface area contributed by atoms with Gasteiger partial charge in [0.1, 0.15) is 5.75 Å². The molecule has 6 heteroatoms. The van der Waals surface area contributed by atoms with Gasteiger partial charge in [0.25, 0.3) is 6.23 Å². The van der Waals surface area contributed by atoms with Crippen LogP contribution >= 0.6 is 31.9 Å². The number of carbonyl (C=O) groups excluding carboxylic acids is 1. The summed E-state index contributed by atoms with van der Waals surface area (Å²) < 4.78 is 8.10. The number of ether oxygens (including phenoxy) is 1. The first-order valence-electron chi connectivity index (χ1n) is 9.27. The number of benzene rings is 3. The molecule has 0 radical (unpaired) electrons. The van der Waals surface area contributed by atoms with E-state index in [0.717, 1.165) is 38.0 Å². The van der Waals surface area contributed by atoms with Gasteiger partial charge in [0.2, 0.25) is 5.78 Å². The highest BCUT2D eigenvalue weighted by Gasteiger charge is 2.43. The van der Waals surface area contributed by atoms with Crippen LogP contribution in [0.1, 0.15) is 33.9 Å². The molecule has 0 amide bonds. The van der Waals surface area contributed by atoms with Crippen molar-refractivity contribution in [3.63, 3.8) is 0 Å². The quantitative estimate of drug-likeness (QED) is 0.407. The molecule has 0 N–H and O–H groups in total. The Labute approximate surface area is 185 Å². The van der Waals surface area contributed by atoms with Gasteiger partial charge >= 0.3 is 0 Å². The van der Waals surface area contributed by atoms with Crippen LogP contribution in [0.25, 0.3) is 0 Å². The van der Waals surface area contributed by atoms with Crippen LogP contribution < -0.4 is 4.74 Å². The highest BCUT2D eigenvalue weighted by atomic mass is 79.9. The van der Waals surface area contributed by atoms with Crippen LogP contribution in [0.2, 0.25) is 0 Å². The molecule has 2 aliphatic heterocycles. The maximum Gasteiger partial charge on any atom is 0.251 e. The SMILES string of the molecule is O=C(c1ccc(Br)cc1)[C@H]1Oc2ccccc2[C@H]2CC(c3ccc(Br)cc3)=NN12. The van der Waals surface area contributed by atoms with Crippen molar-refractivity contribution in [1.82, 2.24) is 5.01 Å². The topological polar surface area (TPSA) is 41.9 Å². The Hall–Kier alpha value is -2.44. The van der Waals surface area contributed by atoms with Crippen LogP contribution in [0.3, 0.4) is 0 Å². The first-order valence-corrected chi connectivity index (χ1v) is 10.9. The monoisotopic (exact) mass is 510 g/mol. The standard InChI is InChI=1S/C23H16Br2N2O2/c24-16-9-5-14(6-10-16)19-13-20-18-3-1-2-4-21(18)29-23(27(20)26-19)22(28)15-7-11-17(25)12-8-15/h1-12,20,23H,13H2/t20-,23-/m1/s1. The van der Waals surface area contributed by atoms with Gasteiger partial charge in [-0.3, -0.25) is 4.79 Å². The molecule has 0 aliphatic carbocycles. The number of hydrogen-bond acceptors (Lipinski definition) is 4. The van der Waals surface area contributed by atoms with Crippen LogP contribution in [0.15, 0.2) is 86.8 Å². The van der Waals surface area contributed by atoms with Crippen molar-refractivity contribution in [3.05, 3.63) is 98.4 Å². The van der Waals surface area contributed by atoms with Gasteiger partial charge in [0.15, 0.2) is 0 Å². The molecular formula is C23H16Br2N2O2. The first kappa shape index (κ1) is 18.6. The number of fused-ring (bicyclic) bond motifs is 3. The molecule has 0 saturated heterocycles. The van der Waals surface area contributed by atoms with E-state index in [2.05, 4.69) is 31.9 Å². The fourth-order valence-corrected chi connectivity index (χ4v) is 4.31.